The molecule has 0 amide bonds. The number of benzene rings is 1. The number of nitrogens with zero attached hydrogens (tertiary/aromatic N) is 1. The van der Waals surface area contributed by atoms with Crippen LogP contribution >= 0.6 is 0 Å². The van der Waals surface area contributed by atoms with E-state index in [4.69, 9.17) is 9.47 Å². The first-order chi connectivity index (χ1) is 8.00. The van der Waals surface area contributed by atoms with E-state index in [1.165, 1.54) is 0 Å². The second-order valence-corrected chi connectivity index (χ2v) is 5.14. The quantitative estimate of drug-likeness (QED) is 0.803. The zero-order valence-corrected chi connectivity index (χ0v) is 10.7. The zero-order valence-electron chi connectivity index (χ0n) is 10.7. The van der Waals surface area contributed by atoms with Crippen molar-refractivity contribution in [2.75, 3.05) is 14.2 Å². The van der Waals surface area contributed by atoms with Gasteiger partial charge < -0.3 is 9.47 Å². The summed E-state index contributed by atoms with van der Waals surface area (Å²) in [7, 11) is 3.24. The van der Waals surface area contributed by atoms with E-state index in [1.54, 1.807) is 14.2 Å². The molecule has 1 aromatic carbocycles. The van der Waals surface area contributed by atoms with Gasteiger partial charge in [0.2, 0.25) is 0 Å². The molecule has 0 aliphatic heterocycles. The summed E-state index contributed by atoms with van der Waals surface area (Å²) in [4.78, 5) is 0. The van der Waals surface area contributed by atoms with Gasteiger partial charge in [-0.25, -0.2) is 0 Å². The largest absolute Gasteiger partial charge is 0.497 e. The Balaban J connectivity index is 2.51. The lowest BCUT2D eigenvalue weighted by atomic mass is 9.88. The van der Waals surface area contributed by atoms with E-state index < -0.39 is 5.41 Å². The molecule has 3 heteroatoms. The van der Waals surface area contributed by atoms with Crippen molar-refractivity contribution in [1.29, 1.82) is 5.26 Å². The number of hydrogen-bond donors (Lipinski definition) is 0. The van der Waals surface area contributed by atoms with E-state index in [-0.39, 0.29) is 5.41 Å². The minimum absolute atomic E-state index is 0.0175. The third-order valence-electron chi connectivity index (χ3n) is 3.80. The first kappa shape index (κ1) is 11.8. The van der Waals surface area contributed by atoms with Crippen molar-refractivity contribution in [2.24, 2.45) is 5.41 Å². The first-order valence-corrected chi connectivity index (χ1v) is 5.64. The normalized spacial score (nSPS) is 24.9. The standard InChI is InChI=1S/C14H17NO2/c1-13(2)8-14(13,9-15)11-6-5-10(16-3)7-12(11)17-4/h5-7H,8H2,1-4H3. The number of rotatable bonds is 3. The minimum atomic E-state index is -0.412. The van der Waals surface area contributed by atoms with Crippen LogP contribution in [0.4, 0.5) is 0 Å². The lowest BCUT2D eigenvalue weighted by molar-refractivity contribution is 0.387. The van der Waals surface area contributed by atoms with Gasteiger partial charge in [-0.15, -0.1) is 0 Å². The van der Waals surface area contributed by atoms with E-state index >= 15 is 0 Å². The van der Waals surface area contributed by atoms with Crippen LogP contribution in [0.3, 0.4) is 0 Å². The Morgan fingerprint density at radius 2 is 1.88 bits per heavy atom. The maximum Gasteiger partial charge on any atom is 0.127 e. The smallest absolute Gasteiger partial charge is 0.127 e. The van der Waals surface area contributed by atoms with Gasteiger partial charge in [0.05, 0.1) is 25.7 Å². The number of nitriles is 1. The lowest BCUT2D eigenvalue weighted by Gasteiger charge is -2.17. The maximum absolute atomic E-state index is 9.46. The Bertz CT molecular complexity index is 487. The van der Waals surface area contributed by atoms with Crippen LogP contribution in [-0.4, -0.2) is 14.2 Å². The summed E-state index contributed by atoms with van der Waals surface area (Å²) in [6, 6.07) is 8.11. The summed E-state index contributed by atoms with van der Waals surface area (Å²) in [5.41, 5.74) is 0.571. The highest BCUT2D eigenvalue weighted by molar-refractivity contribution is 5.54. The molecule has 90 valence electrons. The summed E-state index contributed by atoms with van der Waals surface area (Å²) in [5, 5.41) is 9.46. The van der Waals surface area contributed by atoms with Crippen LogP contribution in [0.25, 0.3) is 0 Å². The Labute approximate surface area is 102 Å². The summed E-state index contributed by atoms with van der Waals surface area (Å²) in [6.45, 7) is 4.22. The number of methoxy groups -OCH3 is 2. The van der Waals surface area contributed by atoms with Crippen LogP contribution in [0.1, 0.15) is 25.8 Å². The van der Waals surface area contributed by atoms with Crippen molar-refractivity contribution in [1.82, 2.24) is 0 Å². The Hall–Kier alpha value is -1.69. The molecule has 1 atom stereocenters. The molecule has 1 aliphatic rings. The number of ether oxygens (including phenoxy) is 2. The van der Waals surface area contributed by atoms with Crippen LogP contribution in [0, 0.1) is 16.7 Å². The summed E-state index contributed by atoms with van der Waals surface area (Å²) in [5.74, 6) is 1.48. The predicted molar refractivity (Wildman–Crippen MR) is 65.2 cm³/mol. The lowest BCUT2D eigenvalue weighted by Crippen LogP contribution is -2.13. The van der Waals surface area contributed by atoms with Gasteiger partial charge in [-0.3, -0.25) is 0 Å². The molecule has 0 aromatic heterocycles. The summed E-state index contributed by atoms with van der Waals surface area (Å²) < 4.78 is 10.5. The molecule has 3 nitrogen and oxygen atoms in total. The molecule has 0 saturated heterocycles. The molecule has 1 fully saturated rings. The van der Waals surface area contributed by atoms with Crippen LogP contribution in [-0.2, 0) is 5.41 Å². The molecular formula is C14H17NO2. The fourth-order valence-electron chi connectivity index (χ4n) is 2.48. The van der Waals surface area contributed by atoms with Gasteiger partial charge in [-0.05, 0) is 17.9 Å². The van der Waals surface area contributed by atoms with Crippen LogP contribution in [0.15, 0.2) is 18.2 Å². The minimum Gasteiger partial charge on any atom is -0.497 e. The molecule has 1 saturated carbocycles. The topological polar surface area (TPSA) is 42.2 Å². The Morgan fingerprint density at radius 3 is 2.29 bits per heavy atom. The van der Waals surface area contributed by atoms with Gasteiger partial charge in [-0.2, -0.15) is 5.26 Å². The average molecular weight is 231 g/mol. The van der Waals surface area contributed by atoms with Crippen LogP contribution < -0.4 is 9.47 Å². The molecule has 0 bridgehead atoms. The van der Waals surface area contributed by atoms with Gasteiger partial charge in [0.1, 0.15) is 11.5 Å². The van der Waals surface area contributed by atoms with Crippen molar-refractivity contribution in [3.05, 3.63) is 23.8 Å². The van der Waals surface area contributed by atoms with Gasteiger partial charge in [-0.1, -0.05) is 19.9 Å². The highest BCUT2D eigenvalue weighted by Crippen LogP contribution is 2.65. The predicted octanol–water partition coefficient (Wildman–Crippen LogP) is 2.90. The number of hydrogen-bond acceptors (Lipinski definition) is 3. The molecule has 17 heavy (non-hydrogen) atoms. The van der Waals surface area contributed by atoms with E-state index in [0.717, 1.165) is 23.5 Å². The monoisotopic (exact) mass is 231 g/mol. The highest BCUT2D eigenvalue weighted by Gasteiger charge is 2.64. The van der Waals surface area contributed by atoms with Gasteiger partial charge >= 0.3 is 0 Å². The molecule has 0 N–H and O–H groups in total. The first-order valence-electron chi connectivity index (χ1n) is 5.64. The van der Waals surface area contributed by atoms with Gasteiger partial charge in [0, 0.05) is 11.6 Å². The maximum atomic E-state index is 9.46. The third kappa shape index (κ3) is 1.56. The van der Waals surface area contributed by atoms with E-state index in [9.17, 15) is 5.26 Å². The summed E-state index contributed by atoms with van der Waals surface area (Å²) >= 11 is 0. The Morgan fingerprint density at radius 1 is 1.24 bits per heavy atom. The van der Waals surface area contributed by atoms with E-state index in [0.29, 0.717) is 0 Å². The molecule has 1 unspecified atom stereocenters. The van der Waals surface area contributed by atoms with E-state index in [2.05, 4.69) is 19.9 Å². The molecule has 0 spiro atoms. The van der Waals surface area contributed by atoms with Crippen molar-refractivity contribution in [3.63, 3.8) is 0 Å². The SMILES string of the molecule is COc1ccc(C2(C#N)CC2(C)C)c(OC)c1. The molecular weight excluding hydrogens is 214 g/mol. The molecule has 0 heterocycles. The van der Waals surface area contributed by atoms with Gasteiger partial charge in [0.25, 0.3) is 0 Å². The van der Waals surface area contributed by atoms with Crippen molar-refractivity contribution in [3.8, 4) is 17.6 Å². The molecule has 2 rings (SSSR count). The van der Waals surface area contributed by atoms with Crippen LogP contribution in [0.5, 0.6) is 11.5 Å². The highest BCUT2D eigenvalue weighted by atomic mass is 16.5. The zero-order chi connectivity index (χ0) is 12.7. The van der Waals surface area contributed by atoms with E-state index in [1.807, 2.05) is 18.2 Å². The fraction of sp³-hybridized carbons (Fsp3) is 0.500. The average Bonchev–Trinajstić information content (AvgIpc) is 2.91. The Kier molecular flexibility index (Phi) is 2.54. The fourth-order valence-corrected chi connectivity index (χ4v) is 2.48. The second kappa shape index (κ2) is 3.66. The molecule has 1 aliphatic carbocycles. The third-order valence-corrected chi connectivity index (χ3v) is 3.80. The summed E-state index contributed by atoms with van der Waals surface area (Å²) in [6.07, 6.45) is 0.874. The second-order valence-electron chi connectivity index (χ2n) is 5.14. The van der Waals surface area contributed by atoms with Crippen molar-refractivity contribution in [2.45, 2.75) is 25.7 Å². The van der Waals surface area contributed by atoms with Crippen molar-refractivity contribution < 1.29 is 9.47 Å². The molecule has 0 radical (unpaired) electrons. The van der Waals surface area contributed by atoms with Crippen LogP contribution in [0.2, 0.25) is 0 Å². The van der Waals surface area contributed by atoms with Gasteiger partial charge in [0.15, 0.2) is 0 Å². The van der Waals surface area contributed by atoms with Crippen molar-refractivity contribution >= 4 is 0 Å². The molecule has 1 aromatic rings.